The summed E-state index contributed by atoms with van der Waals surface area (Å²) in [6.45, 7) is 1.98. The van der Waals surface area contributed by atoms with E-state index in [1.165, 1.54) is 21.3 Å². The van der Waals surface area contributed by atoms with Gasteiger partial charge in [0.15, 0.2) is 17.2 Å². The molecule has 0 amide bonds. The number of hydrogen-bond acceptors (Lipinski definition) is 7. The molecule has 1 heterocycles. The molecule has 0 unspecified atom stereocenters. The van der Waals surface area contributed by atoms with Gasteiger partial charge in [-0.1, -0.05) is 12.1 Å². The van der Waals surface area contributed by atoms with Crippen LogP contribution in [0.2, 0.25) is 0 Å². The van der Waals surface area contributed by atoms with Crippen LogP contribution in [0.1, 0.15) is 17.4 Å². The minimum atomic E-state index is -0.542. The summed E-state index contributed by atoms with van der Waals surface area (Å²) in [5.74, 6) is 0.822. The minimum absolute atomic E-state index is 0.129. The van der Waals surface area contributed by atoms with Crippen LogP contribution in [0.5, 0.6) is 17.2 Å². The molecule has 7 heteroatoms. The fourth-order valence-corrected chi connectivity index (χ4v) is 2.76. The molecule has 0 saturated carbocycles. The van der Waals surface area contributed by atoms with Gasteiger partial charge in [0.25, 0.3) is 0 Å². The van der Waals surface area contributed by atoms with Crippen LogP contribution in [0.15, 0.2) is 36.4 Å². The van der Waals surface area contributed by atoms with Gasteiger partial charge in [-0.3, -0.25) is 0 Å². The number of carbonyl (C=O) groups is 1. The third kappa shape index (κ3) is 3.48. The maximum Gasteiger partial charge on any atom is 0.359 e. The molecule has 0 radical (unpaired) electrons. The van der Waals surface area contributed by atoms with Crippen LogP contribution in [0.3, 0.4) is 0 Å². The number of nitrogens with zero attached hydrogens (tertiary/aromatic N) is 2. The van der Waals surface area contributed by atoms with Gasteiger partial charge in [0.1, 0.15) is 5.69 Å². The third-order valence-corrected chi connectivity index (χ3v) is 3.98. The molecule has 0 atom stereocenters. The molecule has 0 aliphatic heterocycles. The topological polar surface area (TPSA) is 79.8 Å². The normalized spacial score (nSPS) is 10.5. The Morgan fingerprint density at radius 1 is 0.926 bits per heavy atom. The Morgan fingerprint density at radius 3 is 2.04 bits per heavy atom. The van der Waals surface area contributed by atoms with E-state index in [1.54, 1.807) is 25.1 Å². The highest BCUT2D eigenvalue weighted by molar-refractivity contribution is 5.97. The molecule has 0 N–H and O–H groups in total. The Balaban J connectivity index is 2.29. The fraction of sp³-hybridized carbons (Fsp3) is 0.250. The average molecular weight is 368 g/mol. The van der Waals surface area contributed by atoms with E-state index in [2.05, 4.69) is 9.97 Å². The zero-order valence-corrected chi connectivity index (χ0v) is 15.6. The number of ether oxygens (including phenoxy) is 4. The first-order valence-corrected chi connectivity index (χ1v) is 8.37. The summed E-state index contributed by atoms with van der Waals surface area (Å²) in [4.78, 5) is 21.6. The molecule has 2 aromatic carbocycles. The lowest BCUT2D eigenvalue weighted by atomic mass is 10.1. The van der Waals surface area contributed by atoms with Crippen molar-refractivity contribution >= 4 is 17.0 Å². The maximum absolute atomic E-state index is 12.5. The number of esters is 1. The molecule has 0 saturated heterocycles. The predicted octanol–water partition coefficient (Wildman–Crippen LogP) is 3.50. The van der Waals surface area contributed by atoms with Crippen molar-refractivity contribution in [2.75, 3.05) is 27.9 Å². The number of hydrogen-bond donors (Lipinski definition) is 0. The van der Waals surface area contributed by atoms with Crippen molar-refractivity contribution in [1.82, 2.24) is 9.97 Å². The largest absolute Gasteiger partial charge is 0.493 e. The van der Waals surface area contributed by atoms with E-state index < -0.39 is 5.97 Å². The smallest absolute Gasteiger partial charge is 0.359 e. The molecular formula is C20H20N2O5. The van der Waals surface area contributed by atoms with Crippen LogP contribution in [0, 0.1) is 0 Å². The van der Waals surface area contributed by atoms with Crippen LogP contribution >= 0.6 is 0 Å². The highest BCUT2D eigenvalue weighted by Crippen LogP contribution is 2.41. The zero-order valence-electron chi connectivity index (χ0n) is 15.6. The minimum Gasteiger partial charge on any atom is -0.493 e. The van der Waals surface area contributed by atoms with Gasteiger partial charge in [-0.15, -0.1) is 0 Å². The van der Waals surface area contributed by atoms with E-state index in [-0.39, 0.29) is 12.3 Å². The lowest BCUT2D eigenvalue weighted by Crippen LogP contribution is -2.11. The first-order chi connectivity index (χ1) is 13.1. The number of methoxy groups -OCH3 is 3. The molecule has 0 aliphatic rings. The first-order valence-electron chi connectivity index (χ1n) is 8.37. The Hall–Kier alpha value is -3.35. The van der Waals surface area contributed by atoms with Gasteiger partial charge >= 0.3 is 5.97 Å². The Labute approximate surface area is 156 Å². The summed E-state index contributed by atoms with van der Waals surface area (Å²) in [5.41, 5.74) is 2.38. The predicted molar refractivity (Wildman–Crippen MR) is 101 cm³/mol. The SMILES string of the molecule is CCOC(=O)c1nc2ccccc2nc1-c1cc(OC)c(OC)c(OC)c1. The fourth-order valence-electron chi connectivity index (χ4n) is 2.76. The lowest BCUT2D eigenvalue weighted by molar-refractivity contribution is 0.0520. The van der Waals surface area contributed by atoms with E-state index in [9.17, 15) is 4.79 Å². The maximum atomic E-state index is 12.5. The first kappa shape index (κ1) is 18.4. The Kier molecular flexibility index (Phi) is 5.40. The molecule has 1 aromatic heterocycles. The summed E-state index contributed by atoms with van der Waals surface area (Å²) in [6.07, 6.45) is 0. The summed E-state index contributed by atoms with van der Waals surface area (Å²) in [7, 11) is 4.58. The van der Waals surface area contributed by atoms with Gasteiger partial charge in [0.2, 0.25) is 5.75 Å². The molecule has 140 valence electrons. The third-order valence-electron chi connectivity index (χ3n) is 3.98. The number of fused-ring (bicyclic) bond motifs is 1. The second-order valence-electron chi connectivity index (χ2n) is 5.54. The standard InChI is InChI=1S/C20H20N2O5/c1-5-27-20(23)18-17(21-13-8-6-7-9-14(13)22-18)12-10-15(24-2)19(26-4)16(11-12)25-3/h6-11H,5H2,1-4H3. The van der Waals surface area contributed by atoms with Crippen LogP contribution in [0.25, 0.3) is 22.3 Å². The summed E-state index contributed by atoms with van der Waals surface area (Å²) < 4.78 is 21.3. The van der Waals surface area contributed by atoms with Gasteiger partial charge < -0.3 is 18.9 Å². The highest BCUT2D eigenvalue weighted by Gasteiger charge is 2.22. The molecule has 0 aliphatic carbocycles. The van der Waals surface area contributed by atoms with Gasteiger partial charge in [0.05, 0.1) is 39.0 Å². The Morgan fingerprint density at radius 2 is 1.52 bits per heavy atom. The number of para-hydroxylation sites is 2. The summed E-state index contributed by atoms with van der Waals surface area (Å²) in [6, 6.07) is 10.8. The van der Waals surface area contributed by atoms with Crippen LogP contribution in [-0.4, -0.2) is 43.9 Å². The lowest BCUT2D eigenvalue weighted by Gasteiger charge is -2.15. The van der Waals surface area contributed by atoms with Crippen molar-refractivity contribution in [3.63, 3.8) is 0 Å². The number of rotatable bonds is 6. The zero-order chi connectivity index (χ0) is 19.4. The van der Waals surface area contributed by atoms with Crippen LogP contribution in [-0.2, 0) is 4.74 Å². The van der Waals surface area contributed by atoms with Gasteiger partial charge in [-0.25, -0.2) is 14.8 Å². The number of carbonyl (C=O) groups excluding carboxylic acids is 1. The van der Waals surface area contributed by atoms with Crippen molar-refractivity contribution in [2.45, 2.75) is 6.92 Å². The van der Waals surface area contributed by atoms with Crippen molar-refractivity contribution in [3.8, 4) is 28.5 Å². The molecule has 0 fully saturated rings. The molecule has 0 spiro atoms. The Bertz CT molecular complexity index is 962. The van der Waals surface area contributed by atoms with E-state index in [4.69, 9.17) is 18.9 Å². The molecule has 0 bridgehead atoms. The molecular weight excluding hydrogens is 348 g/mol. The molecule has 3 rings (SSSR count). The van der Waals surface area contributed by atoms with Crippen LogP contribution in [0.4, 0.5) is 0 Å². The van der Waals surface area contributed by atoms with Crippen molar-refractivity contribution < 1.29 is 23.7 Å². The summed E-state index contributed by atoms with van der Waals surface area (Å²) >= 11 is 0. The van der Waals surface area contributed by atoms with E-state index in [0.29, 0.717) is 39.5 Å². The van der Waals surface area contributed by atoms with Gasteiger partial charge in [-0.05, 0) is 31.2 Å². The second kappa shape index (κ2) is 7.90. The van der Waals surface area contributed by atoms with E-state index in [0.717, 1.165) is 0 Å². The number of aromatic nitrogens is 2. The number of benzene rings is 2. The summed E-state index contributed by atoms with van der Waals surface area (Å²) in [5, 5.41) is 0. The van der Waals surface area contributed by atoms with Crippen molar-refractivity contribution in [1.29, 1.82) is 0 Å². The van der Waals surface area contributed by atoms with Gasteiger partial charge in [0, 0.05) is 5.56 Å². The van der Waals surface area contributed by atoms with Crippen molar-refractivity contribution in [3.05, 3.63) is 42.1 Å². The van der Waals surface area contributed by atoms with Crippen LogP contribution < -0.4 is 14.2 Å². The molecule has 7 nitrogen and oxygen atoms in total. The van der Waals surface area contributed by atoms with E-state index in [1.807, 2.05) is 18.2 Å². The van der Waals surface area contributed by atoms with Gasteiger partial charge in [-0.2, -0.15) is 0 Å². The second-order valence-corrected chi connectivity index (χ2v) is 5.54. The van der Waals surface area contributed by atoms with Crippen molar-refractivity contribution in [2.24, 2.45) is 0 Å². The molecule has 3 aromatic rings. The molecule has 27 heavy (non-hydrogen) atoms. The quantitative estimate of drug-likeness (QED) is 0.616. The monoisotopic (exact) mass is 368 g/mol. The highest BCUT2D eigenvalue weighted by atomic mass is 16.5. The average Bonchev–Trinajstić information content (AvgIpc) is 2.71. The van der Waals surface area contributed by atoms with E-state index >= 15 is 0 Å².